The third-order valence-corrected chi connectivity index (χ3v) is 5.54. The van der Waals surface area contributed by atoms with E-state index >= 15 is 0 Å². The van der Waals surface area contributed by atoms with Crippen LogP contribution in [0.25, 0.3) is 0 Å². The molecule has 1 amide bonds. The number of carbonyl (C=O) groups is 2. The third kappa shape index (κ3) is 2.70. The summed E-state index contributed by atoms with van der Waals surface area (Å²) in [6.45, 7) is 0.641. The molecule has 0 bridgehead atoms. The molecule has 2 aliphatic rings. The van der Waals surface area contributed by atoms with Crippen LogP contribution in [0.1, 0.15) is 43.7 Å². The number of aliphatic carboxylic acids is 1. The molecule has 1 saturated carbocycles. The van der Waals surface area contributed by atoms with Gasteiger partial charge in [0.1, 0.15) is 0 Å². The number of carboxylic acids is 1. The van der Waals surface area contributed by atoms with Crippen LogP contribution in [0, 0.1) is 5.41 Å². The Morgan fingerprint density at radius 2 is 2.05 bits per heavy atom. The summed E-state index contributed by atoms with van der Waals surface area (Å²) in [4.78, 5) is 25.6. The normalized spacial score (nSPS) is 22.6. The van der Waals surface area contributed by atoms with Crippen molar-refractivity contribution < 1.29 is 14.7 Å². The quantitative estimate of drug-likeness (QED) is 0.902. The van der Waals surface area contributed by atoms with E-state index in [0.717, 1.165) is 18.4 Å². The first-order valence-corrected chi connectivity index (χ1v) is 8.17. The lowest BCUT2D eigenvalue weighted by atomic mass is 10.00. The van der Waals surface area contributed by atoms with Crippen molar-refractivity contribution in [2.45, 2.75) is 38.1 Å². The van der Waals surface area contributed by atoms with Gasteiger partial charge in [-0.05, 0) is 37.3 Å². The summed E-state index contributed by atoms with van der Waals surface area (Å²) in [6.07, 6.45) is 2.97. The predicted octanol–water partition coefficient (Wildman–Crippen LogP) is 3.91. The summed E-state index contributed by atoms with van der Waals surface area (Å²) >= 11 is 12.3. The molecule has 0 aromatic heterocycles. The second kappa shape index (κ2) is 5.74. The van der Waals surface area contributed by atoms with Gasteiger partial charge in [-0.15, -0.1) is 0 Å². The van der Waals surface area contributed by atoms with E-state index < -0.39 is 11.4 Å². The highest BCUT2D eigenvalue weighted by Crippen LogP contribution is 2.50. The molecule has 0 radical (unpaired) electrons. The van der Waals surface area contributed by atoms with Crippen molar-refractivity contribution in [1.29, 1.82) is 0 Å². The Labute approximate surface area is 139 Å². The highest BCUT2D eigenvalue weighted by atomic mass is 35.5. The minimum Gasteiger partial charge on any atom is -0.481 e. The molecular weight excluding hydrogens is 325 g/mol. The zero-order chi connectivity index (χ0) is 15.9. The maximum atomic E-state index is 12.6. The molecule has 4 nitrogen and oxygen atoms in total. The Bertz CT molecular complexity index is 628. The number of amides is 1. The van der Waals surface area contributed by atoms with Crippen LogP contribution in [0.2, 0.25) is 10.0 Å². The lowest BCUT2D eigenvalue weighted by Crippen LogP contribution is -2.34. The number of benzene rings is 1. The SMILES string of the molecule is O=C(CC1(C(=O)O)CC1)N1CCCC1c1cccc(Cl)c1Cl. The molecule has 22 heavy (non-hydrogen) atoms. The fourth-order valence-corrected chi connectivity index (χ4v) is 3.61. The summed E-state index contributed by atoms with van der Waals surface area (Å²) in [5.74, 6) is -0.962. The van der Waals surface area contributed by atoms with Crippen molar-refractivity contribution in [1.82, 2.24) is 4.90 Å². The first kappa shape index (κ1) is 15.6. The van der Waals surface area contributed by atoms with Crippen LogP contribution in [0.4, 0.5) is 0 Å². The van der Waals surface area contributed by atoms with Crippen LogP contribution < -0.4 is 0 Å². The summed E-state index contributed by atoms with van der Waals surface area (Å²) < 4.78 is 0. The Hall–Kier alpha value is -1.26. The van der Waals surface area contributed by atoms with E-state index in [1.807, 2.05) is 12.1 Å². The van der Waals surface area contributed by atoms with Crippen LogP contribution in [-0.2, 0) is 9.59 Å². The van der Waals surface area contributed by atoms with Gasteiger partial charge in [-0.1, -0.05) is 35.3 Å². The minimum absolute atomic E-state index is 0.0804. The Kier molecular flexibility index (Phi) is 4.08. The number of halogens is 2. The zero-order valence-electron chi connectivity index (χ0n) is 12.0. The van der Waals surface area contributed by atoms with E-state index in [1.54, 1.807) is 11.0 Å². The van der Waals surface area contributed by atoms with Crippen LogP contribution >= 0.6 is 23.2 Å². The van der Waals surface area contributed by atoms with Gasteiger partial charge in [-0.25, -0.2) is 0 Å². The predicted molar refractivity (Wildman–Crippen MR) is 84.1 cm³/mol. The fraction of sp³-hybridized carbons (Fsp3) is 0.500. The van der Waals surface area contributed by atoms with Crippen LogP contribution in [-0.4, -0.2) is 28.4 Å². The van der Waals surface area contributed by atoms with Crippen LogP contribution in [0.5, 0.6) is 0 Å². The van der Waals surface area contributed by atoms with Gasteiger partial charge in [-0.2, -0.15) is 0 Å². The number of carbonyl (C=O) groups excluding carboxylic acids is 1. The van der Waals surface area contributed by atoms with Crippen molar-refractivity contribution in [3.8, 4) is 0 Å². The lowest BCUT2D eigenvalue weighted by molar-refractivity contribution is -0.148. The fourth-order valence-electron chi connectivity index (χ4n) is 3.17. The molecule has 1 N–H and O–H groups in total. The highest BCUT2D eigenvalue weighted by molar-refractivity contribution is 6.42. The van der Waals surface area contributed by atoms with Crippen molar-refractivity contribution in [2.24, 2.45) is 5.41 Å². The smallest absolute Gasteiger partial charge is 0.310 e. The van der Waals surface area contributed by atoms with Crippen molar-refractivity contribution in [2.75, 3.05) is 6.54 Å². The van der Waals surface area contributed by atoms with Gasteiger partial charge in [0.05, 0.1) is 21.5 Å². The molecule has 1 atom stereocenters. The zero-order valence-corrected chi connectivity index (χ0v) is 13.5. The summed E-state index contributed by atoms with van der Waals surface area (Å²) in [6, 6.07) is 5.32. The largest absolute Gasteiger partial charge is 0.481 e. The summed E-state index contributed by atoms with van der Waals surface area (Å²) in [7, 11) is 0. The first-order valence-electron chi connectivity index (χ1n) is 7.41. The molecule has 6 heteroatoms. The van der Waals surface area contributed by atoms with Gasteiger partial charge in [0, 0.05) is 13.0 Å². The molecule has 1 heterocycles. The minimum atomic E-state index is -0.864. The van der Waals surface area contributed by atoms with Gasteiger partial charge in [0.25, 0.3) is 0 Å². The van der Waals surface area contributed by atoms with E-state index in [0.29, 0.717) is 29.4 Å². The maximum Gasteiger partial charge on any atom is 0.310 e. The molecule has 1 unspecified atom stereocenters. The van der Waals surface area contributed by atoms with Gasteiger partial charge >= 0.3 is 5.97 Å². The second-order valence-electron chi connectivity index (χ2n) is 6.15. The van der Waals surface area contributed by atoms with Gasteiger partial charge < -0.3 is 10.0 Å². The average Bonchev–Trinajstić information content (AvgIpc) is 3.10. The molecule has 1 aromatic carbocycles. The molecule has 118 valence electrons. The number of likely N-dealkylation sites (tertiary alicyclic amines) is 1. The van der Waals surface area contributed by atoms with Gasteiger partial charge in [0.15, 0.2) is 0 Å². The number of nitrogens with zero attached hydrogens (tertiary/aromatic N) is 1. The molecule has 1 aliphatic carbocycles. The molecule has 0 spiro atoms. The van der Waals surface area contributed by atoms with Crippen LogP contribution in [0.3, 0.4) is 0 Å². The molecule has 2 fully saturated rings. The van der Waals surface area contributed by atoms with Crippen molar-refractivity contribution in [3.63, 3.8) is 0 Å². The number of hydrogen-bond donors (Lipinski definition) is 1. The Morgan fingerprint density at radius 1 is 1.32 bits per heavy atom. The second-order valence-corrected chi connectivity index (χ2v) is 6.94. The van der Waals surface area contributed by atoms with E-state index in [-0.39, 0.29) is 18.4 Å². The molecular formula is C16H17Cl2NO3. The molecule has 3 rings (SSSR count). The highest BCUT2D eigenvalue weighted by Gasteiger charge is 2.52. The summed E-state index contributed by atoms with van der Waals surface area (Å²) in [5, 5.41) is 10.2. The molecule has 1 aromatic rings. The number of rotatable bonds is 4. The molecule has 1 saturated heterocycles. The van der Waals surface area contributed by atoms with E-state index in [4.69, 9.17) is 23.2 Å². The standard InChI is InChI=1S/C16H17Cl2NO3/c17-11-4-1-3-10(14(11)18)12-5-2-8-19(12)13(20)9-16(6-7-16)15(21)22/h1,3-4,12H,2,5-9H2,(H,21,22). The number of hydrogen-bond acceptors (Lipinski definition) is 2. The van der Waals surface area contributed by atoms with Gasteiger partial charge in [0.2, 0.25) is 5.91 Å². The topological polar surface area (TPSA) is 57.6 Å². The maximum absolute atomic E-state index is 12.6. The Balaban J connectivity index is 1.80. The first-order chi connectivity index (χ1) is 10.4. The van der Waals surface area contributed by atoms with E-state index in [9.17, 15) is 14.7 Å². The van der Waals surface area contributed by atoms with E-state index in [1.165, 1.54) is 0 Å². The summed E-state index contributed by atoms with van der Waals surface area (Å²) in [5.41, 5.74) is 0.0164. The van der Waals surface area contributed by atoms with Gasteiger partial charge in [-0.3, -0.25) is 9.59 Å². The van der Waals surface area contributed by atoms with E-state index in [2.05, 4.69) is 0 Å². The molecule has 1 aliphatic heterocycles. The van der Waals surface area contributed by atoms with Crippen molar-refractivity contribution >= 4 is 35.1 Å². The van der Waals surface area contributed by atoms with Crippen molar-refractivity contribution in [3.05, 3.63) is 33.8 Å². The van der Waals surface area contributed by atoms with Crippen LogP contribution in [0.15, 0.2) is 18.2 Å². The Morgan fingerprint density at radius 3 is 2.68 bits per heavy atom. The average molecular weight is 342 g/mol. The monoisotopic (exact) mass is 341 g/mol. The lowest BCUT2D eigenvalue weighted by Gasteiger charge is -2.27. The third-order valence-electron chi connectivity index (χ3n) is 4.71. The number of carboxylic acid groups (broad SMARTS) is 1.